The van der Waals surface area contributed by atoms with Crippen molar-refractivity contribution >= 4 is 5.91 Å². The average molecular weight is 175 g/mol. The molecule has 0 fully saturated rings. The van der Waals surface area contributed by atoms with Crippen LogP contribution in [0.25, 0.3) is 0 Å². The number of rotatable bonds is 0. The van der Waals surface area contributed by atoms with Gasteiger partial charge in [-0.25, -0.2) is 5.32 Å². The lowest BCUT2D eigenvalue weighted by Gasteiger charge is -2.11. The number of amides is 1. The molecule has 0 spiro atoms. The molecule has 0 atom stereocenters. The van der Waals surface area contributed by atoms with Crippen LogP contribution in [0.3, 0.4) is 0 Å². The highest BCUT2D eigenvalue weighted by atomic mass is 19.4. The van der Waals surface area contributed by atoms with E-state index in [2.05, 4.69) is 5.32 Å². The number of nitrogens with zero attached hydrogens (tertiary/aromatic N) is 1. The number of halogens is 3. The van der Waals surface area contributed by atoms with Gasteiger partial charge in [-0.2, -0.15) is 13.2 Å². The molecule has 1 aliphatic heterocycles. The predicted molar refractivity (Wildman–Crippen MR) is 33.7 cm³/mol. The maximum Gasteiger partial charge on any atom is 0.417 e. The van der Waals surface area contributed by atoms with E-state index in [-0.39, 0.29) is 5.70 Å². The highest BCUT2D eigenvalue weighted by Crippen LogP contribution is 2.27. The van der Waals surface area contributed by atoms with Gasteiger partial charge in [0.1, 0.15) is 0 Å². The lowest BCUT2D eigenvalue weighted by atomic mass is 10.1. The van der Waals surface area contributed by atoms with Crippen molar-refractivity contribution in [1.29, 1.82) is 0 Å². The van der Waals surface area contributed by atoms with Crippen LogP contribution in [0.2, 0.25) is 0 Å². The number of allylic oxidation sites excluding steroid dienone is 3. The van der Waals surface area contributed by atoms with Crippen LogP contribution in [-0.4, -0.2) is 12.1 Å². The molecule has 0 aromatic heterocycles. The minimum absolute atomic E-state index is 0.0465. The molecule has 2 radical (unpaired) electrons. The van der Waals surface area contributed by atoms with Gasteiger partial charge in [0.15, 0.2) is 0 Å². The minimum Gasteiger partial charge on any atom is -0.267 e. The first kappa shape index (κ1) is 8.83. The molecule has 5 heteroatoms. The Bertz CT molecular complexity index is 275. The number of carbonyl (C=O) groups excluding carboxylic acids is 1. The molecule has 0 bridgehead atoms. The van der Waals surface area contributed by atoms with Crippen LogP contribution in [0.5, 0.6) is 0 Å². The molecule has 0 saturated carbocycles. The van der Waals surface area contributed by atoms with Crippen molar-refractivity contribution in [2.24, 2.45) is 0 Å². The van der Waals surface area contributed by atoms with E-state index in [1.54, 1.807) is 0 Å². The summed E-state index contributed by atoms with van der Waals surface area (Å²) in [7, 11) is 0. The molecule has 64 valence electrons. The van der Waals surface area contributed by atoms with Gasteiger partial charge in [0.25, 0.3) is 5.91 Å². The fourth-order valence-electron chi connectivity index (χ4n) is 0.733. The summed E-state index contributed by atoms with van der Waals surface area (Å²) in [6, 6.07) is 0. The molecule has 0 N–H and O–H groups in total. The molecule has 0 saturated heterocycles. The second-order valence-corrected chi connectivity index (χ2v) is 2.22. The first-order valence-corrected chi connectivity index (χ1v) is 3.05. The van der Waals surface area contributed by atoms with Crippen molar-refractivity contribution in [2.45, 2.75) is 13.1 Å². The maximum atomic E-state index is 11.9. The largest absolute Gasteiger partial charge is 0.417 e. The fraction of sp³-hybridized carbons (Fsp3) is 0.286. The summed E-state index contributed by atoms with van der Waals surface area (Å²) < 4.78 is 35.8. The van der Waals surface area contributed by atoms with Gasteiger partial charge >= 0.3 is 6.18 Å². The van der Waals surface area contributed by atoms with E-state index in [0.717, 1.165) is 0 Å². The van der Waals surface area contributed by atoms with Crippen molar-refractivity contribution in [2.75, 3.05) is 0 Å². The SMILES string of the molecule is CC1=[C]C(C(F)(F)F)=CC(=O)[N]1. The molecule has 1 heterocycles. The lowest BCUT2D eigenvalue weighted by Crippen LogP contribution is -2.21. The second-order valence-electron chi connectivity index (χ2n) is 2.22. The van der Waals surface area contributed by atoms with Gasteiger partial charge in [-0.15, -0.1) is 0 Å². The maximum absolute atomic E-state index is 11.9. The van der Waals surface area contributed by atoms with E-state index >= 15 is 0 Å². The number of hydrogen-bond acceptors (Lipinski definition) is 1. The van der Waals surface area contributed by atoms with E-state index in [0.29, 0.717) is 6.08 Å². The summed E-state index contributed by atoms with van der Waals surface area (Å²) in [6.07, 6.45) is -2.15. The standard InChI is InChI=1S/C7H4F3NO/c1-4-2-5(7(8,9)10)3-6(12)11-4/h3H,1H3. The van der Waals surface area contributed by atoms with E-state index in [9.17, 15) is 18.0 Å². The van der Waals surface area contributed by atoms with Crippen molar-refractivity contribution < 1.29 is 18.0 Å². The summed E-state index contributed by atoms with van der Waals surface area (Å²) in [4.78, 5) is 10.5. The van der Waals surface area contributed by atoms with Crippen LogP contribution in [0.15, 0.2) is 17.3 Å². The quantitative estimate of drug-likeness (QED) is 0.546. The average Bonchev–Trinajstić information content (AvgIpc) is 1.82. The van der Waals surface area contributed by atoms with Crippen molar-refractivity contribution in [1.82, 2.24) is 5.32 Å². The van der Waals surface area contributed by atoms with Gasteiger partial charge in [-0.1, -0.05) is 0 Å². The van der Waals surface area contributed by atoms with Gasteiger partial charge < -0.3 is 0 Å². The Hall–Kier alpha value is -1.26. The second kappa shape index (κ2) is 2.66. The molecule has 1 rings (SSSR count). The predicted octanol–water partition coefficient (Wildman–Crippen LogP) is 1.33. The minimum atomic E-state index is -4.52. The topological polar surface area (TPSA) is 31.2 Å². The van der Waals surface area contributed by atoms with E-state index in [1.807, 2.05) is 6.08 Å². The monoisotopic (exact) mass is 175 g/mol. The van der Waals surface area contributed by atoms with Gasteiger partial charge in [-0.05, 0) is 6.92 Å². The number of hydrogen-bond donors (Lipinski definition) is 0. The summed E-state index contributed by atoms with van der Waals surface area (Å²) in [5.74, 6) is -0.890. The number of carbonyl (C=O) groups is 1. The molecule has 0 aromatic carbocycles. The Morgan fingerprint density at radius 2 is 2.08 bits per heavy atom. The molecule has 1 aliphatic rings. The van der Waals surface area contributed by atoms with Crippen LogP contribution < -0.4 is 5.32 Å². The summed E-state index contributed by atoms with van der Waals surface area (Å²) in [5.41, 5.74) is -1.12. The van der Waals surface area contributed by atoms with Crippen LogP contribution in [-0.2, 0) is 4.79 Å². The zero-order chi connectivity index (χ0) is 9.35. The molecule has 0 unspecified atom stereocenters. The third-order valence-electron chi connectivity index (χ3n) is 1.17. The highest BCUT2D eigenvalue weighted by molar-refractivity contribution is 5.90. The van der Waals surface area contributed by atoms with E-state index in [1.165, 1.54) is 6.92 Å². The van der Waals surface area contributed by atoms with Crippen molar-refractivity contribution in [3.05, 3.63) is 23.4 Å². The molecule has 0 aliphatic carbocycles. The smallest absolute Gasteiger partial charge is 0.267 e. The number of alkyl halides is 3. The van der Waals surface area contributed by atoms with Gasteiger partial charge in [0.2, 0.25) is 0 Å². The first-order chi connectivity index (χ1) is 5.39. The zero-order valence-corrected chi connectivity index (χ0v) is 6.07. The fourth-order valence-corrected chi connectivity index (χ4v) is 0.733. The van der Waals surface area contributed by atoms with E-state index in [4.69, 9.17) is 0 Å². The third-order valence-corrected chi connectivity index (χ3v) is 1.17. The van der Waals surface area contributed by atoms with Gasteiger partial charge in [0, 0.05) is 12.2 Å². The third kappa shape index (κ3) is 1.87. The Kier molecular flexibility index (Phi) is 1.95. The van der Waals surface area contributed by atoms with Gasteiger partial charge in [0.05, 0.1) is 11.3 Å². The van der Waals surface area contributed by atoms with Crippen LogP contribution in [0, 0.1) is 6.08 Å². The van der Waals surface area contributed by atoms with E-state index < -0.39 is 17.7 Å². The Labute approximate surface area is 66.8 Å². The molecule has 12 heavy (non-hydrogen) atoms. The van der Waals surface area contributed by atoms with Crippen LogP contribution in [0.1, 0.15) is 6.92 Å². The van der Waals surface area contributed by atoms with Crippen LogP contribution in [0.4, 0.5) is 13.2 Å². The van der Waals surface area contributed by atoms with Crippen molar-refractivity contribution in [3.8, 4) is 0 Å². The highest BCUT2D eigenvalue weighted by Gasteiger charge is 2.35. The molecule has 0 aromatic rings. The first-order valence-electron chi connectivity index (χ1n) is 3.05. The van der Waals surface area contributed by atoms with Crippen molar-refractivity contribution in [3.63, 3.8) is 0 Å². The molecular formula is C7H4F3NO. The normalized spacial score (nSPS) is 18.2. The lowest BCUT2D eigenvalue weighted by molar-refractivity contribution is -0.118. The van der Waals surface area contributed by atoms with Crippen LogP contribution >= 0.6 is 0 Å². The summed E-state index contributed by atoms with van der Waals surface area (Å²) >= 11 is 0. The molecule has 1 amide bonds. The summed E-state index contributed by atoms with van der Waals surface area (Å²) in [6.45, 7) is 1.29. The molecular weight excluding hydrogens is 171 g/mol. The van der Waals surface area contributed by atoms with Gasteiger partial charge in [-0.3, -0.25) is 4.79 Å². The Balaban J connectivity index is 2.99. The Morgan fingerprint density at radius 3 is 2.50 bits per heavy atom. The summed E-state index contributed by atoms with van der Waals surface area (Å²) in [5, 5.41) is 3.24. The molecule has 2 nitrogen and oxygen atoms in total. The Morgan fingerprint density at radius 1 is 1.50 bits per heavy atom. The zero-order valence-electron chi connectivity index (χ0n) is 6.07.